The van der Waals surface area contributed by atoms with E-state index in [1.807, 2.05) is 0 Å². The molecular formula is C11H16N2O3S. The lowest BCUT2D eigenvalue weighted by Crippen LogP contribution is -2.42. The van der Waals surface area contributed by atoms with Crippen LogP contribution in [0.1, 0.15) is 26.5 Å². The van der Waals surface area contributed by atoms with Crippen molar-refractivity contribution in [3.05, 3.63) is 24.2 Å². The predicted molar refractivity (Wildman–Crippen MR) is 67.3 cm³/mol. The molecule has 1 aromatic rings. The lowest BCUT2D eigenvalue weighted by molar-refractivity contribution is 0.0353. The second kappa shape index (κ2) is 5.18. The van der Waals surface area contributed by atoms with Crippen LogP contribution in [-0.2, 0) is 11.3 Å². The summed E-state index contributed by atoms with van der Waals surface area (Å²) in [6.45, 7) is 5.48. The molecule has 0 unspecified atom stereocenters. The number of thiocarbonyl (C=S) groups is 1. The molecule has 0 bridgehead atoms. The van der Waals surface area contributed by atoms with Crippen LogP contribution in [0.15, 0.2) is 22.8 Å². The van der Waals surface area contributed by atoms with Crippen molar-refractivity contribution < 1.29 is 13.9 Å². The van der Waals surface area contributed by atoms with Crippen LogP contribution in [0.25, 0.3) is 0 Å². The van der Waals surface area contributed by atoms with Crippen molar-refractivity contribution in [2.75, 3.05) is 0 Å². The Balaban J connectivity index is 2.73. The second-order valence-corrected chi connectivity index (χ2v) is 4.90. The van der Waals surface area contributed by atoms with Crippen molar-refractivity contribution in [2.24, 2.45) is 5.73 Å². The third kappa shape index (κ3) is 4.44. The van der Waals surface area contributed by atoms with Gasteiger partial charge in [-0.15, -0.1) is 0 Å². The average molecular weight is 256 g/mol. The summed E-state index contributed by atoms with van der Waals surface area (Å²) in [4.78, 5) is 13.0. The molecule has 5 nitrogen and oxygen atoms in total. The van der Waals surface area contributed by atoms with Crippen molar-refractivity contribution in [3.63, 3.8) is 0 Å². The first-order valence-electron chi connectivity index (χ1n) is 5.12. The first kappa shape index (κ1) is 13.5. The summed E-state index contributed by atoms with van der Waals surface area (Å²) in [7, 11) is 0. The van der Waals surface area contributed by atoms with E-state index in [0.29, 0.717) is 5.76 Å². The minimum absolute atomic E-state index is 0.0457. The molecule has 0 fully saturated rings. The predicted octanol–water partition coefficient (Wildman–Crippen LogP) is 2.26. The van der Waals surface area contributed by atoms with E-state index in [0.717, 1.165) is 4.90 Å². The number of carbonyl (C=O) groups is 1. The minimum atomic E-state index is -0.594. The molecule has 0 saturated heterocycles. The number of hydrogen-bond acceptors (Lipinski definition) is 4. The highest BCUT2D eigenvalue weighted by Gasteiger charge is 2.24. The molecule has 6 heteroatoms. The number of amides is 1. The van der Waals surface area contributed by atoms with Gasteiger partial charge in [0.05, 0.1) is 12.8 Å². The largest absolute Gasteiger partial charge is 0.467 e. The molecule has 0 saturated carbocycles. The van der Waals surface area contributed by atoms with E-state index in [1.165, 1.54) is 6.26 Å². The Morgan fingerprint density at radius 1 is 1.59 bits per heavy atom. The summed E-state index contributed by atoms with van der Waals surface area (Å²) in [5.74, 6) is 0.587. The zero-order chi connectivity index (χ0) is 13.1. The van der Waals surface area contributed by atoms with Gasteiger partial charge in [-0.25, -0.2) is 9.69 Å². The maximum Gasteiger partial charge on any atom is 0.417 e. The molecule has 0 spiro atoms. The molecule has 0 aliphatic heterocycles. The molecule has 94 valence electrons. The third-order valence-electron chi connectivity index (χ3n) is 1.77. The van der Waals surface area contributed by atoms with Gasteiger partial charge in [-0.3, -0.25) is 0 Å². The maximum absolute atomic E-state index is 11.8. The standard InChI is InChI=1S/C11H16N2O3S/c1-11(2,3)16-10(14)13(9(12)17)7-8-5-4-6-15-8/h4-6H,7H2,1-3H3,(H2,12,17). The SMILES string of the molecule is CC(C)(C)OC(=O)N(Cc1ccco1)C(N)=S. The van der Waals surface area contributed by atoms with E-state index in [-0.39, 0.29) is 11.7 Å². The van der Waals surface area contributed by atoms with Crippen LogP contribution in [0.2, 0.25) is 0 Å². The maximum atomic E-state index is 11.8. The zero-order valence-electron chi connectivity index (χ0n) is 10.1. The van der Waals surface area contributed by atoms with Gasteiger partial charge in [0.25, 0.3) is 0 Å². The summed E-state index contributed by atoms with van der Waals surface area (Å²) in [5.41, 5.74) is 4.89. The van der Waals surface area contributed by atoms with Crippen LogP contribution in [0.4, 0.5) is 4.79 Å². The zero-order valence-corrected chi connectivity index (χ0v) is 10.9. The summed E-state index contributed by atoms with van der Waals surface area (Å²) >= 11 is 4.82. The van der Waals surface area contributed by atoms with Gasteiger partial charge < -0.3 is 14.9 Å². The summed E-state index contributed by atoms with van der Waals surface area (Å²) in [6, 6.07) is 3.46. The van der Waals surface area contributed by atoms with Crippen molar-refractivity contribution in [2.45, 2.75) is 32.9 Å². The van der Waals surface area contributed by atoms with E-state index in [2.05, 4.69) is 0 Å². The van der Waals surface area contributed by atoms with Crippen LogP contribution in [0.3, 0.4) is 0 Å². The fourth-order valence-electron chi connectivity index (χ4n) is 1.11. The number of ether oxygens (including phenoxy) is 1. The van der Waals surface area contributed by atoms with Crippen molar-refractivity contribution in [1.29, 1.82) is 0 Å². The van der Waals surface area contributed by atoms with E-state index in [1.54, 1.807) is 32.9 Å². The molecule has 1 amide bonds. The Bertz CT molecular complexity index is 395. The molecule has 0 aliphatic rings. The van der Waals surface area contributed by atoms with Crippen LogP contribution in [-0.4, -0.2) is 21.7 Å². The van der Waals surface area contributed by atoms with Gasteiger partial charge >= 0.3 is 6.09 Å². The van der Waals surface area contributed by atoms with Crippen molar-refractivity contribution in [3.8, 4) is 0 Å². The number of carbonyl (C=O) groups excluding carboxylic acids is 1. The molecule has 0 radical (unpaired) electrons. The van der Waals surface area contributed by atoms with Gasteiger partial charge in [0.1, 0.15) is 11.4 Å². The average Bonchev–Trinajstić information content (AvgIpc) is 2.62. The van der Waals surface area contributed by atoms with Gasteiger partial charge in [0, 0.05) is 0 Å². The lowest BCUT2D eigenvalue weighted by Gasteiger charge is -2.25. The fraction of sp³-hybridized carbons (Fsp3) is 0.455. The van der Waals surface area contributed by atoms with Crippen LogP contribution in [0.5, 0.6) is 0 Å². The van der Waals surface area contributed by atoms with Crippen molar-refractivity contribution in [1.82, 2.24) is 4.90 Å². The minimum Gasteiger partial charge on any atom is -0.467 e. The smallest absolute Gasteiger partial charge is 0.417 e. The summed E-state index contributed by atoms with van der Waals surface area (Å²) < 4.78 is 10.3. The molecule has 1 aromatic heterocycles. The second-order valence-electron chi connectivity index (χ2n) is 4.48. The first-order valence-corrected chi connectivity index (χ1v) is 5.53. The highest BCUT2D eigenvalue weighted by molar-refractivity contribution is 7.80. The number of nitrogens with two attached hydrogens (primary N) is 1. The number of hydrogen-bond donors (Lipinski definition) is 1. The van der Waals surface area contributed by atoms with Gasteiger partial charge in [-0.2, -0.15) is 0 Å². The highest BCUT2D eigenvalue weighted by Crippen LogP contribution is 2.12. The van der Waals surface area contributed by atoms with Crippen molar-refractivity contribution >= 4 is 23.4 Å². The van der Waals surface area contributed by atoms with Gasteiger partial charge in [-0.1, -0.05) is 0 Å². The Morgan fingerprint density at radius 3 is 2.65 bits per heavy atom. The molecule has 17 heavy (non-hydrogen) atoms. The molecular weight excluding hydrogens is 240 g/mol. The molecule has 0 aliphatic carbocycles. The van der Waals surface area contributed by atoms with Crippen LogP contribution in [0, 0.1) is 0 Å². The van der Waals surface area contributed by atoms with E-state index < -0.39 is 11.7 Å². The summed E-state index contributed by atoms with van der Waals surface area (Å²) in [5, 5.41) is -0.0457. The monoisotopic (exact) mass is 256 g/mol. The number of nitrogens with zero attached hydrogens (tertiary/aromatic N) is 1. The highest BCUT2D eigenvalue weighted by atomic mass is 32.1. The third-order valence-corrected chi connectivity index (χ3v) is 1.99. The van der Waals surface area contributed by atoms with E-state index in [4.69, 9.17) is 27.1 Å². The Hall–Kier alpha value is -1.56. The quantitative estimate of drug-likeness (QED) is 0.822. The first-order chi connectivity index (χ1) is 7.79. The van der Waals surface area contributed by atoms with E-state index >= 15 is 0 Å². The van der Waals surface area contributed by atoms with Crippen LogP contribution < -0.4 is 5.73 Å². The fourth-order valence-corrected chi connectivity index (χ4v) is 1.25. The molecule has 0 atom stereocenters. The van der Waals surface area contributed by atoms with Gasteiger partial charge in [0.2, 0.25) is 0 Å². The summed E-state index contributed by atoms with van der Waals surface area (Å²) in [6.07, 6.45) is 0.934. The Kier molecular flexibility index (Phi) is 4.11. The van der Waals surface area contributed by atoms with Gasteiger partial charge in [0.15, 0.2) is 5.11 Å². The Labute approximate surface area is 106 Å². The topological polar surface area (TPSA) is 68.7 Å². The number of rotatable bonds is 2. The van der Waals surface area contributed by atoms with Gasteiger partial charge in [-0.05, 0) is 45.1 Å². The molecule has 1 heterocycles. The normalized spacial score (nSPS) is 11.0. The molecule has 0 aromatic carbocycles. The Morgan fingerprint density at radius 2 is 2.24 bits per heavy atom. The van der Waals surface area contributed by atoms with Crippen LogP contribution >= 0.6 is 12.2 Å². The lowest BCUT2D eigenvalue weighted by atomic mass is 10.2. The molecule has 1 rings (SSSR count). The molecule has 2 N–H and O–H groups in total. The number of furan rings is 1. The van der Waals surface area contributed by atoms with E-state index in [9.17, 15) is 4.79 Å².